The number of hydrogen-bond acceptors (Lipinski definition) is 5. The third-order valence-corrected chi connectivity index (χ3v) is 8.79. The van der Waals surface area contributed by atoms with E-state index in [1.54, 1.807) is 43.3 Å². The summed E-state index contributed by atoms with van der Waals surface area (Å²) in [7, 11) is -2.65. The quantitative estimate of drug-likeness (QED) is 0.339. The average molecular weight is 566 g/mol. The lowest BCUT2D eigenvalue weighted by Gasteiger charge is -2.33. The number of anilines is 1. The van der Waals surface area contributed by atoms with Crippen LogP contribution in [-0.4, -0.2) is 50.9 Å². The van der Waals surface area contributed by atoms with Crippen molar-refractivity contribution < 1.29 is 22.7 Å². The number of nitrogens with zero attached hydrogens (tertiary/aromatic N) is 2. The van der Waals surface area contributed by atoms with Crippen LogP contribution in [-0.2, 0) is 26.2 Å². The van der Waals surface area contributed by atoms with E-state index in [0.717, 1.165) is 27.4 Å². The molecule has 0 radical (unpaired) electrons. The summed E-state index contributed by atoms with van der Waals surface area (Å²) in [5.74, 6) is -0.355. The fourth-order valence-corrected chi connectivity index (χ4v) is 5.56. The first-order valence-electron chi connectivity index (χ1n) is 13.4. The van der Waals surface area contributed by atoms with Crippen molar-refractivity contribution in [2.45, 2.75) is 64.6 Å². The van der Waals surface area contributed by atoms with Gasteiger partial charge < -0.3 is 15.0 Å². The van der Waals surface area contributed by atoms with Gasteiger partial charge in [-0.1, -0.05) is 55.0 Å². The van der Waals surface area contributed by atoms with Gasteiger partial charge in [-0.15, -0.1) is 0 Å². The summed E-state index contributed by atoms with van der Waals surface area (Å²) in [5, 5.41) is 2.95. The molecule has 0 fully saturated rings. The highest BCUT2D eigenvalue weighted by Gasteiger charge is 2.33. The van der Waals surface area contributed by atoms with Crippen molar-refractivity contribution >= 4 is 27.5 Å². The number of nitrogens with one attached hydrogen (secondary N) is 1. The summed E-state index contributed by atoms with van der Waals surface area (Å²) in [6, 6.07) is 19.7. The van der Waals surface area contributed by atoms with Crippen LogP contribution in [0.3, 0.4) is 0 Å². The van der Waals surface area contributed by atoms with E-state index in [-0.39, 0.29) is 29.1 Å². The number of hydrogen-bond donors (Lipinski definition) is 1. The van der Waals surface area contributed by atoms with E-state index in [9.17, 15) is 18.0 Å². The number of methoxy groups -OCH3 is 1. The molecule has 0 spiro atoms. The third kappa shape index (κ3) is 7.41. The van der Waals surface area contributed by atoms with Crippen molar-refractivity contribution in [2.24, 2.45) is 0 Å². The summed E-state index contributed by atoms with van der Waals surface area (Å²) in [4.78, 5) is 28.7. The lowest BCUT2D eigenvalue weighted by atomic mass is 10.1. The molecule has 0 saturated carbocycles. The molecule has 0 aliphatic carbocycles. The number of amides is 2. The largest absolute Gasteiger partial charge is 0.497 e. The van der Waals surface area contributed by atoms with Gasteiger partial charge in [0, 0.05) is 18.7 Å². The van der Waals surface area contributed by atoms with Gasteiger partial charge in [0.2, 0.25) is 11.8 Å². The standard InChI is InChI=1S/C31H39N3O5S/c1-7-24(4)32-31(36)25(5)33(20-26-12-9-8-11-23(26)3)30(35)21-34(27-13-10-14-28(19-27)39-6)40(37,38)29-17-15-22(2)16-18-29/h8-19,24-25H,7,20-21H2,1-6H3,(H,32,36)/t24-,25-/m0/s1. The van der Waals surface area contributed by atoms with Gasteiger partial charge in [0.25, 0.3) is 10.0 Å². The van der Waals surface area contributed by atoms with Crippen molar-refractivity contribution in [2.75, 3.05) is 18.0 Å². The molecule has 2 atom stereocenters. The monoisotopic (exact) mass is 565 g/mol. The van der Waals surface area contributed by atoms with Gasteiger partial charge in [-0.2, -0.15) is 0 Å². The number of carbonyl (C=O) groups excluding carboxylic acids is 2. The van der Waals surface area contributed by atoms with E-state index in [0.29, 0.717) is 5.75 Å². The van der Waals surface area contributed by atoms with Gasteiger partial charge in [0.1, 0.15) is 18.3 Å². The molecule has 3 aromatic carbocycles. The molecule has 0 aliphatic heterocycles. The predicted molar refractivity (Wildman–Crippen MR) is 158 cm³/mol. The molecule has 0 aliphatic rings. The zero-order valence-electron chi connectivity index (χ0n) is 24.0. The van der Waals surface area contributed by atoms with Gasteiger partial charge in [0.05, 0.1) is 17.7 Å². The Kier molecular flexibility index (Phi) is 10.3. The SMILES string of the molecule is CC[C@H](C)NC(=O)[C@H](C)N(Cc1ccccc1C)C(=O)CN(c1cccc(OC)c1)S(=O)(=O)c1ccc(C)cc1. The second kappa shape index (κ2) is 13.5. The fourth-order valence-electron chi connectivity index (χ4n) is 4.15. The molecule has 0 unspecified atom stereocenters. The number of rotatable bonds is 12. The van der Waals surface area contributed by atoms with Crippen LogP contribution in [0.5, 0.6) is 5.75 Å². The van der Waals surface area contributed by atoms with Gasteiger partial charge in [-0.3, -0.25) is 13.9 Å². The number of aryl methyl sites for hydroxylation is 2. The Bertz CT molecular complexity index is 1420. The minimum atomic E-state index is -4.14. The fraction of sp³-hybridized carbons (Fsp3) is 0.355. The minimum absolute atomic E-state index is 0.0572. The second-order valence-corrected chi connectivity index (χ2v) is 11.8. The number of ether oxygens (including phenoxy) is 1. The van der Waals surface area contributed by atoms with Crippen molar-refractivity contribution in [1.82, 2.24) is 10.2 Å². The average Bonchev–Trinajstić information content (AvgIpc) is 2.95. The molecule has 0 bridgehead atoms. The predicted octanol–water partition coefficient (Wildman–Crippen LogP) is 4.84. The highest BCUT2D eigenvalue weighted by molar-refractivity contribution is 7.92. The number of sulfonamides is 1. The second-order valence-electron chi connectivity index (χ2n) is 9.97. The Morgan fingerprint density at radius 1 is 0.950 bits per heavy atom. The molecule has 9 heteroatoms. The lowest BCUT2D eigenvalue weighted by molar-refractivity contribution is -0.139. The van der Waals surface area contributed by atoms with Crippen LogP contribution in [0.25, 0.3) is 0 Å². The van der Waals surface area contributed by atoms with Crippen LogP contribution in [0, 0.1) is 13.8 Å². The Morgan fingerprint density at radius 3 is 2.25 bits per heavy atom. The molecule has 2 amide bonds. The van der Waals surface area contributed by atoms with Gasteiger partial charge in [-0.25, -0.2) is 8.42 Å². The van der Waals surface area contributed by atoms with E-state index >= 15 is 0 Å². The Balaban J connectivity index is 2.05. The van der Waals surface area contributed by atoms with Crippen molar-refractivity contribution in [3.05, 3.63) is 89.5 Å². The molecule has 0 heterocycles. The molecule has 3 rings (SSSR count). The normalized spacial score (nSPS) is 12.8. The van der Waals surface area contributed by atoms with Crippen LogP contribution in [0.4, 0.5) is 5.69 Å². The van der Waals surface area contributed by atoms with Gasteiger partial charge in [-0.05, 0) is 69.5 Å². The smallest absolute Gasteiger partial charge is 0.264 e. The molecular formula is C31H39N3O5S. The third-order valence-electron chi connectivity index (χ3n) is 7.00. The molecule has 3 aromatic rings. The molecule has 214 valence electrons. The zero-order valence-corrected chi connectivity index (χ0v) is 24.9. The zero-order chi connectivity index (χ0) is 29.4. The highest BCUT2D eigenvalue weighted by Crippen LogP contribution is 2.28. The summed E-state index contributed by atoms with van der Waals surface area (Å²) >= 11 is 0. The van der Waals surface area contributed by atoms with E-state index in [1.165, 1.54) is 24.1 Å². The molecule has 8 nitrogen and oxygen atoms in total. The molecular weight excluding hydrogens is 526 g/mol. The minimum Gasteiger partial charge on any atom is -0.497 e. The summed E-state index contributed by atoms with van der Waals surface area (Å²) < 4.78 is 34.3. The molecule has 0 saturated heterocycles. The van der Waals surface area contributed by atoms with Gasteiger partial charge in [0.15, 0.2) is 0 Å². The van der Waals surface area contributed by atoms with E-state index in [2.05, 4.69) is 5.32 Å². The molecule has 40 heavy (non-hydrogen) atoms. The first kappa shape index (κ1) is 30.7. The van der Waals surface area contributed by atoms with Crippen LogP contribution >= 0.6 is 0 Å². The Labute approximate surface area is 238 Å². The van der Waals surface area contributed by atoms with Crippen LogP contribution in [0.1, 0.15) is 43.9 Å². The highest BCUT2D eigenvalue weighted by atomic mass is 32.2. The lowest BCUT2D eigenvalue weighted by Crippen LogP contribution is -2.52. The molecule has 0 aromatic heterocycles. The number of carbonyl (C=O) groups is 2. The maximum atomic E-state index is 14.0. The van der Waals surface area contributed by atoms with Crippen molar-refractivity contribution in [3.8, 4) is 5.75 Å². The summed E-state index contributed by atoms with van der Waals surface area (Å²) in [5.41, 5.74) is 3.02. The Morgan fingerprint density at radius 2 is 1.62 bits per heavy atom. The summed E-state index contributed by atoms with van der Waals surface area (Å²) in [6.07, 6.45) is 0.739. The van der Waals surface area contributed by atoms with Crippen molar-refractivity contribution in [1.29, 1.82) is 0 Å². The van der Waals surface area contributed by atoms with E-state index < -0.39 is 28.5 Å². The summed E-state index contributed by atoms with van der Waals surface area (Å²) in [6.45, 7) is 8.98. The first-order valence-corrected chi connectivity index (χ1v) is 14.8. The van der Waals surface area contributed by atoms with Crippen LogP contribution in [0.2, 0.25) is 0 Å². The topological polar surface area (TPSA) is 96.0 Å². The number of benzene rings is 3. The van der Waals surface area contributed by atoms with E-state index in [1.807, 2.05) is 52.0 Å². The Hall–Kier alpha value is -3.85. The van der Waals surface area contributed by atoms with Gasteiger partial charge >= 0.3 is 0 Å². The maximum Gasteiger partial charge on any atom is 0.264 e. The van der Waals surface area contributed by atoms with Crippen LogP contribution < -0.4 is 14.4 Å². The van der Waals surface area contributed by atoms with Crippen LogP contribution in [0.15, 0.2) is 77.7 Å². The first-order chi connectivity index (χ1) is 19.0. The van der Waals surface area contributed by atoms with Crippen molar-refractivity contribution in [3.63, 3.8) is 0 Å². The molecule has 1 N–H and O–H groups in total. The van der Waals surface area contributed by atoms with E-state index in [4.69, 9.17) is 4.74 Å². The maximum absolute atomic E-state index is 14.0.